The van der Waals surface area contributed by atoms with E-state index in [2.05, 4.69) is 5.32 Å². The lowest BCUT2D eigenvalue weighted by molar-refractivity contribution is -0.117. The molecule has 0 aliphatic carbocycles. The number of carbonyl (C=O) groups excluding carboxylic acids is 3. The predicted octanol–water partition coefficient (Wildman–Crippen LogP) is 2.21. The predicted molar refractivity (Wildman–Crippen MR) is 88.1 cm³/mol. The van der Waals surface area contributed by atoms with Gasteiger partial charge in [-0.1, -0.05) is 23.9 Å². The topological polar surface area (TPSA) is 66.5 Å². The highest BCUT2D eigenvalue weighted by Gasteiger charge is 2.33. The molecule has 2 rings (SSSR count). The molecule has 0 aromatic heterocycles. The first kappa shape index (κ1) is 16.5. The van der Waals surface area contributed by atoms with Gasteiger partial charge in [-0.15, -0.1) is 0 Å². The number of hydrogen-bond acceptors (Lipinski definition) is 4. The summed E-state index contributed by atoms with van der Waals surface area (Å²) in [6, 6.07) is 7.09. The van der Waals surface area contributed by atoms with Gasteiger partial charge < -0.3 is 10.2 Å². The number of benzene rings is 1. The van der Waals surface area contributed by atoms with Gasteiger partial charge >= 0.3 is 0 Å². The van der Waals surface area contributed by atoms with Gasteiger partial charge in [-0.3, -0.25) is 14.4 Å². The second-order valence-corrected chi connectivity index (χ2v) is 7.06. The van der Waals surface area contributed by atoms with Crippen LogP contribution < -0.4 is 10.2 Å². The lowest BCUT2D eigenvalue weighted by Gasteiger charge is -2.20. The molecule has 1 saturated heterocycles. The van der Waals surface area contributed by atoms with Crippen LogP contribution in [0.4, 0.5) is 5.69 Å². The number of anilines is 1. The van der Waals surface area contributed by atoms with E-state index in [4.69, 9.17) is 0 Å². The van der Waals surface area contributed by atoms with Crippen LogP contribution in [0.3, 0.4) is 0 Å². The first-order valence-electron chi connectivity index (χ1n) is 7.26. The summed E-state index contributed by atoms with van der Waals surface area (Å²) < 4.78 is 0. The Morgan fingerprint density at radius 2 is 2.00 bits per heavy atom. The second-order valence-electron chi connectivity index (χ2n) is 5.59. The summed E-state index contributed by atoms with van der Waals surface area (Å²) in [5.41, 5.74) is 1.09. The molecule has 5 nitrogen and oxygen atoms in total. The fraction of sp³-hybridized carbons (Fsp3) is 0.438. The van der Waals surface area contributed by atoms with Crippen molar-refractivity contribution in [2.45, 2.75) is 38.5 Å². The zero-order chi connectivity index (χ0) is 16.3. The van der Waals surface area contributed by atoms with Crippen LogP contribution in [0.1, 0.15) is 37.6 Å². The number of nitrogens with one attached hydrogen (secondary N) is 1. The number of para-hydroxylation sites is 1. The van der Waals surface area contributed by atoms with E-state index in [1.54, 1.807) is 29.2 Å². The summed E-state index contributed by atoms with van der Waals surface area (Å²) >= 11 is 1.19. The van der Waals surface area contributed by atoms with Crippen LogP contribution in [0.25, 0.3) is 0 Å². The van der Waals surface area contributed by atoms with Crippen molar-refractivity contribution in [2.75, 3.05) is 11.4 Å². The second kappa shape index (κ2) is 6.96. The maximum atomic E-state index is 12.3. The molecule has 1 fully saturated rings. The van der Waals surface area contributed by atoms with Gasteiger partial charge in [0.2, 0.25) is 5.91 Å². The normalized spacial score (nSPS) is 17.9. The molecule has 1 N–H and O–H groups in total. The molecule has 0 spiro atoms. The largest absolute Gasteiger partial charge is 0.350 e. The van der Waals surface area contributed by atoms with E-state index < -0.39 is 0 Å². The highest BCUT2D eigenvalue weighted by atomic mass is 32.2. The SMILES string of the molecule is CC(=O)SC1CC(=O)N(c2ccccc2C(=O)NC(C)C)C1. The van der Waals surface area contributed by atoms with Crippen molar-refractivity contribution < 1.29 is 14.4 Å². The van der Waals surface area contributed by atoms with Gasteiger partial charge in [0.15, 0.2) is 5.12 Å². The van der Waals surface area contributed by atoms with Crippen LogP contribution in [-0.2, 0) is 9.59 Å². The number of hydrogen-bond donors (Lipinski definition) is 1. The molecule has 1 atom stereocenters. The monoisotopic (exact) mass is 320 g/mol. The Labute approximate surface area is 134 Å². The summed E-state index contributed by atoms with van der Waals surface area (Å²) in [6.07, 6.45) is 0.324. The highest BCUT2D eigenvalue weighted by molar-refractivity contribution is 8.14. The summed E-state index contributed by atoms with van der Waals surface area (Å²) in [5, 5.41) is 2.80. The quantitative estimate of drug-likeness (QED) is 0.923. The molecule has 1 heterocycles. The van der Waals surface area contributed by atoms with Gasteiger partial charge in [0.25, 0.3) is 5.91 Å². The Morgan fingerprint density at radius 3 is 2.64 bits per heavy atom. The van der Waals surface area contributed by atoms with Crippen molar-refractivity contribution in [3.63, 3.8) is 0 Å². The van der Waals surface area contributed by atoms with E-state index in [-0.39, 0.29) is 28.2 Å². The summed E-state index contributed by atoms with van der Waals surface area (Å²) in [5.74, 6) is -0.246. The molecule has 1 unspecified atom stereocenters. The lowest BCUT2D eigenvalue weighted by Crippen LogP contribution is -2.33. The molecule has 1 aromatic rings. The fourth-order valence-electron chi connectivity index (χ4n) is 2.46. The molecule has 22 heavy (non-hydrogen) atoms. The molecule has 118 valence electrons. The number of nitrogens with zero attached hydrogens (tertiary/aromatic N) is 1. The maximum Gasteiger partial charge on any atom is 0.253 e. The van der Waals surface area contributed by atoms with Crippen molar-refractivity contribution in [1.29, 1.82) is 0 Å². The molecular formula is C16H20N2O3S. The first-order valence-corrected chi connectivity index (χ1v) is 8.14. The maximum absolute atomic E-state index is 12.3. The number of rotatable bonds is 4. The first-order chi connectivity index (χ1) is 10.4. The molecular weight excluding hydrogens is 300 g/mol. The van der Waals surface area contributed by atoms with E-state index in [0.29, 0.717) is 24.2 Å². The minimum absolute atomic E-state index is 0.00508. The molecule has 2 amide bonds. The van der Waals surface area contributed by atoms with Crippen LogP contribution in [0.2, 0.25) is 0 Å². The van der Waals surface area contributed by atoms with Crippen LogP contribution in [-0.4, -0.2) is 34.8 Å². The Kier molecular flexibility index (Phi) is 5.24. The van der Waals surface area contributed by atoms with Crippen molar-refractivity contribution in [3.05, 3.63) is 29.8 Å². The average molecular weight is 320 g/mol. The summed E-state index contributed by atoms with van der Waals surface area (Å²) in [4.78, 5) is 37.3. The molecule has 6 heteroatoms. The van der Waals surface area contributed by atoms with Crippen molar-refractivity contribution in [1.82, 2.24) is 5.32 Å². The Bertz CT molecular complexity index is 601. The summed E-state index contributed by atoms with van der Waals surface area (Å²) in [7, 11) is 0. The Morgan fingerprint density at radius 1 is 1.32 bits per heavy atom. The van der Waals surface area contributed by atoms with Gasteiger partial charge in [-0.2, -0.15) is 0 Å². The van der Waals surface area contributed by atoms with Crippen LogP contribution in [0.5, 0.6) is 0 Å². The van der Waals surface area contributed by atoms with Gasteiger partial charge in [0, 0.05) is 31.2 Å². The Balaban J connectivity index is 2.24. The smallest absolute Gasteiger partial charge is 0.253 e. The van der Waals surface area contributed by atoms with Gasteiger partial charge in [0.05, 0.1) is 11.3 Å². The van der Waals surface area contributed by atoms with Crippen molar-refractivity contribution in [2.24, 2.45) is 0 Å². The third-order valence-corrected chi connectivity index (χ3v) is 4.26. The minimum Gasteiger partial charge on any atom is -0.350 e. The molecule has 0 saturated carbocycles. The van der Waals surface area contributed by atoms with Crippen molar-refractivity contribution >= 4 is 34.4 Å². The average Bonchev–Trinajstić information content (AvgIpc) is 2.77. The van der Waals surface area contributed by atoms with Crippen LogP contribution >= 0.6 is 11.8 Å². The van der Waals surface area contributed by atoms with E-state index in [1.807, 2.05) is 13.8 Å². The van der Waals surface area contributed by atoms with Gasteiger partial charge in [-0.05, 0) is 26.0 Å². The van der Waals surface area contributed by atoms with E-state index in [1.165, 1.54) is 18.7 Å². The Hall–Kier alpha value is -1.82. The third kappa shape index (κ3) is 3.88. The zero-order valence-corrected chi connectivity index (χ0v) is 13.8. The van der Waals surface area contributed by atoms with Crippen LogP contribution in [0, 0.1) is 0 Å². The van der Waals surface area contributed by atoms with E-state index >= 15 is 0 Å². The van der Waals surface area contributed by atoms with E-state index in [0.717, 1.165) is 0 Å². The van der Waals surface area contributed by atoms with Gasteiger partial charge in [-0.25, -0.2) is 0 Å². The van der Waals surface area contributed by atoms with E-state index in [9.17, 15) is 14.4 Å². The van der Waals surface area contributed by atoms with Crippen molar-refractivity contribution in [3.8, 4) is 0 Å². The molecule has 1 aliphatic heterocycles. The molecule has 0 radical (unpaired) electrons. The summed E-state index contributed by atoms with van der Waals surface area (Å²) in [6.45, 7) is 5.74. The fourth-order valence-corrected chi connectivity index (χ4v) is 3.38. The van der Waals surface area contributed by atoms with Crippen LogP contribution in [0.15, 0.2) is 24.3 Å². The third-order valence-electron chi connectivity index (χ3n) is 3.28. The standard InChI is InChI=1S/C16H20N2O3S/c1-10(2)17-16(21)13-6-4-5-7-14(13)18-9-12(8-15(18)20)22-11(3)19/h4-7,10,12H,8-9H2,1-3H3,(H,17,21). The molecule has 1 aliphatic rings. The van der Waals surface area contributed by atoms with Gasteiger partial charge in [0.1, 0.15) is 0 Å². The molecule has 0 bridgehead atoms. The highest BCUT2D eigenvalue weighted by Crippen LogP contribution is 2.30. The minimum atomic E-state index is -0.193. The zero-order valence-electron chi connectivity index (χ0n) is 13.0. The number of amides is 2. The molecule has 1 aromatic carbocycles. The lowest BCUT2D eigenvalue weighted by atomic mass is 10.1. The number of thioether (sulfide) groups is 1. The number of carbonyl (C=O) groups is 3.